The van der Waals surface area contributed by atoms with E-state index in [4.69, 9.17) is 14.2 Å². The van der Waals surface area contributed by atoms with E-state index < -0.39 is 17.9 Å². The first-order chi connectivity index (χ1) is 15.1. The maximum absolute atomic E-state index is 13.4. The third-order valence-corrected chi connectivity index (χ3v) is 5.90. The van der Waals surface area contributed by atoms with Gasteiger partial charge in [0.05, 0.1) is 36.4 Å². The average Bonchev–Trinajstić information content (AvgIpc) is 2.70. The summed E-state index contributed by atoms with van der Waals surface area (Å²) in [5, 5.41) is 3.68. The Morgan fingerprint density at radius 1 is 0.969 bits per heavy atom. The maximum atomic E-state index is 13.4. The van der Waals surface area contributed by atoms with Gasteiger partial charge in [0, 0.05) is 22.7 Å². The summed E-state index contributed by atoms with van der Waals surface area (Å²) in [5.74, 6) is -0.424. The molecule has 0 spiro atoms. The average molecular weight is 462 g/mol. The van der Waals surface area contributed by atoms with Crippen molar-refractivity contribution in [3.05, 3.63) is 52.4 Å². The van der Waals surface area contributed by atoms with Crippen LogP contribution in [0.5, 0.6) is 5.75 Å². The molecule has 1 atom stereocenters. The Kier molecular flexibility index (Phi) is 9.25. The van der Waals surface area contributed by atoms with Gasteiger partial charge in [0.15, 0.2) is 0 Å². The van der Waals surface area contributed by atoms with Gasteiger partial charge in [-0.25, -0.2) is 9.59 Å². The lowest BCUT2D eigenvalue weighted by molar-refractivity contribution is -0.143. The Morgan fingerprint density at radius 3 is 2.06 bits per heavy atom. The highest BCUT2D eigenvalue weighted by molar-refractivity contribution is 8.00. The van der Waals surface area contributed by atoms with Gasteiger partial charge in [-0.15, -0.1) is 0 Å². The molecule has 1 aliphatic heterocycles. The van der Waals surface area contributed by atoms with Crippen molar-refractivity contribution in [2.45, 2.75) is 71.8 Å². The molecular formula is C25H35NO5S. The molecule has 0 radical (unpaired) electrons. The monoisotopic (exact) mass is 461 g/mol. The van der Waals surface area contributed by atoms with Crippen molar-refractivity contribution < 1.29 is 23.8 Å². The van der Waals surface area contributed by atoms with Crippen LogP contribution in [-0.2, 0) is 19.1 Å². The van der Waals surface area contributed by atoms with Gasteiger partial charge < -0.3 is 19.5 Å². The van der Waals surface area contributed by atoms with Crippen LogP contribution in [0.25, 0.3) is 0 Å². The number of methoxy groups -OCH3 is 1. The van der Waals surface area contributed by atoms with Gasteiger partial charge in [0.1, 0.15) is 5.75 Å². The molecule has 7 heteroatoms. The van der Waals surface area contributed by atoms with Crippen molar-refractivity contribution in [3.63, 3.8) is 0 Å². The first-order valence-electron chi connectivity index (χ1n) is 10.9. The van der Waals surface area contributed by atoms with Crippen molar-refractivity contribution in [1.29, 1.82) is 0 Å². The second kappa shape index (κ2) is 11.5. The van der Waals surface area contributed by atoms with Crippen LogP contribution < -0.4 is 10.1 Å². The molecule has 0 amide bonds. The highest BCUT2D eigenvalue weighted by atomic mass is 32.2. The third-order valence-electron chi connectivity index (χ3n) is 4.78. The molecule has 1 aromatic carbocycles. The number of dihydropyridines is 1. The molecule has 2 rings (SSSR count). The standard InChI is InChI=1S/C25H35NO5S/c1-14(2)30-24(27)21-17(7)26-19(13-32-16(5)6)23(25(28)31-15(3)4)22(21)18-11-9-10-12-20(18)29-8/h9-12,14-16,22,26H,13H2,1-8H3. The Bertz CT molecular complexity index is 901. The molecule has 0 saturated heterocycles. The van der Waals surface area contributed by atoms with Gasteiger partial charge >= 0.3 is 11.9 Å². The van der Waals surface area contributed by atoms with Crippen LogP contribution in [0, 0.1) is 0 Å². The molecule has 1 aromatic rings. The van der Waals surface area contributed by atoms with E-state index in [9.17, 15) is 9.59 Å². The molecule has 6 nitrogen and oxygen atoms in total. The fraction of sp³-hybridized carbons (Fsp3) is 0.520. The van der Waals surface area contributed by atoms with Gasteiger partial charge in [0.25, 0.3) is 0 Å². The van der Waals surface area contributed by atoms with E-state index in [0.29, 0.717) is 39.2 Å². The molecule has 1 aliphatic rings. The molecule has 0 bridgehead atoms. The van der Waals surface area contributed by atoms with Crippen molar-refractivity contribution >= 4 is 23.7 Å². The number of nitrogens with one attached hydrogen (secondary N) is 1. The number of para-hydroxylation sites is 1. The minimum atomic E-state index is -0.673. The minimum absolute atomic E-state index is 0.297. The number of thioether (sulfide) groups is 1. The van der Waals surface area contributed by atoms with Crippen LogP contribution in [-0.4, -0.2) is 42.3 Å². The van der Waals surface area contributed by atoms with E-state index in [2.05, 4.69) is 19.2 Å². The predicted octanol–water partition coefficient (Wildman–Crippen LogP) is 4.95. The Labute approximate surface area is 195 Å². The Balaban J connectivity index is 2.76. The van der Waals surface area contributed by atoms with Crippen LogP contribution in [0.15, 0.2) is 46.8 Å². The van der Waals surface area contributed by atoms with Gasteiger partial charge in [-0.2, -0.15) is 11.8 Å². The summed E-state index contributed by atoms with van der Waals surface area (Å²) in [4.78, 5) is 26.6. The Morgan fingerprint density at radius 2 is 1.53 bits per heavy atom. The zero-order chi connectivity index (χ0) is 24.0. The number of hydrogen-bond acceptors (Lipinski definition) is 7. The van der Waals surface area contributed by atoms with E-state index in [1.807, 2.05) is 45.0 Å². The van der Waals surface area contributed by atoms with E-state index in [0.717, 1.165) is 5.70 Å². The van der Waals surface area contributed by atoms with E-state index in [1.54, 1.807) is 32.7 Å². The summed E-state index contributed by atoms with van der Waals surface area (Å²) in [6, 6.07) is 7.43. The topological polar surface area (TPSA) is 73.9 Å². The fourth-order valence-corrected chi connectivity index (χ4v) is 4.27. The Hall–Kier alpha value is -2.41. The van der Waals surface area contributed by atoms with Crippen LogP contribution in [0.1, 0.15) is 59.9 Å². The summed E-state index contributed by atoms with van der Waals surface area (Å²) in [6.07, 6.45) is -0.598. The quantitative estimate of drug-likeness (QED) is 0.521. The van der Waals surface area contributed by atoms with Crippen LogP contribution in [0.2, 0.25) is 0 Å². The van der Waals surface area contributed by atoms with Crippen LogP contribution in [0.3, 0.4) is 0 Å². The summed E-state index contributed by atoms with van der Waals surface area (Å²) < 4.78 is 16.8. The molecule has 1 unspecified atom stereocenters. The lowest BCUT2D eigenvalue weighted by atomic mass is 9.80. The van der Waals surface area contributed by atoms with E-state index >= 15 is 0 Å². The lowest BCUT2D eigenvalue weighted by Crippen LogP contribution is -2.35. The number of carbonyl (C=O) groups is 2. The normalized spacial score (nSPS) is 16.5. The largest absolute Gasteiger partial charge is 0.496 e. The number of ether oxygens (including phenoxy) is 3. The van der Waals surface area contributed by atoms with Crippen molar-refractivity contribution in [1.82, 2.24) is 5.32 Å². The highest BCUT2D eigenvalue weighted by Gasteiger charge is 2.40. The highest BCUT2D eigenvalue weighted by Crippen LogP contribution is 2.43. The van der Waals surface area contributed by atoms with Crippen molar-refractivity contribution in [2.75, 3.05) is 12.9 Å². The number of hydrogen-bond donors (Lipinski definition) is 1. The van der Waals surface area contributed by atoms with Gasteiger partial charge in [-0.05, 0) is 45.9 Å². The van der Waals surface area contributed by atoms with E-state index in [-0.39, 0.29) is 12.2 Å². The number of rotatable bonds is 9. The summed E-state index contributed by atoms with van der Waals surface area (Å²) in [6.45, 7) is 13.3. The van der Waals surface area contributed by atoms with E-state index in [1.165, 1.54) is 0 Å². The van der Waals surface area contributed by atoms with Crippen LogP contribution >= 0.6 is 11.8 Å². The molecule has 176 valence electrons. The smallest absolute Gasteiger partial charge is 0.337 e. The maximum Gasteiger partial charge on any atom is 0.337 e. The third kappa shape index (κ3) is 6.31. The van der Waals surface area contributed by atoms with Gasteiger partial charge in [-0.3, -0.25) is 0 Å². The van der Waals surface area contributed by atoms with Crippen LogP contribution in [0.4, 0.5) is 0 Å². The fourth-order valence-electron chi connectivity index (χ4n) is 3.54. The van der Waals surface area contributed by atoms with Gasteiger partial charge in [0.2, 0.25) is 0 Å². The zero-order valence-electron chi connectivity index (χ0n) is 20.3. The number of esters is 2. The van der Waals surface area contributed by atoms with Gasteiger partial charge in [-0.1, -0.05) is 32.0 Å². The second-order valence-electron chi connectivity index (χ2n) is 8.50. The van der Waals surface area contributed by atoms with Crippen molar-refractivity contribution in [2.24, 2.45) is 0 Å². The second-order valence-corrected chi connectivity index (χ2v) is 10.1. The molecule has 0 saturated carbocycles. The molecule has 1 heterocycles. The molecular weight excluding hydrogens is 426 g/mol. The molecule has 0 fully saturated rings. The minimum Gasteiger partial charge on any atom is -0.496 e. The molecule has 1 N–H and O–H groups in total. The number of carbonyl (C=O) groups excluding carboxylic acids is 2. The number of allylic oxidation sites excluding steroid dienone is 1. The predicted molar refractivity (Wildman–Crippen MR) is 129 cm³/mol. The zero-order valence-corrected chi connectivity index (χ0v) is 21.1. The first kappa shape index (κ1) is 25.8. The SMILES string of the molecule is COc1ccccc1C1C(C(=O)OC(C)C)=C(C)NC(CSC(C)C)=C1C(=O)OC(C)C. The summed E-state index contributed by atoms with van der Waals surface area (Å²) >= 11 is 1.71. The summed E-state index contributed by atoms with van der Waals surface area (Å²) in [7, 11) is 1.58. The molecule has 0 aliphatic carbocycles. The van der Waals surface area contributed by atoms with Crippen molar-refractivity contribution in [3.8, 4) is 5.75 Å². The number of benzene rings is 1. The molecule has 0 aromatic heterocycles. The summed E-state index contributed by atoms with van der Waals surface area (Å²) in [5.41, 5.74) is 2.92. The lowest BCUT2D eigenvalue weighted by Gasteiger charge is -2.33. The molecule has 32 heavy (non-hydrogen) atoms. The first-order valence-corrected chi connectivity index (χ1v) is 12.0.